The summed E-state index contributed by atoms with van der Waals surface area (Å²) in [5, 5.41) is 2.83. The molecular formula is C18H17N3O2. The Kier molecular flexibility index (Phi) is 4.47. The fraction of sp³-hybridized carbons (Fsp3) is 0.167. The lowest BCUT2D eigenvalue weighted by Gasteiger charge is -2.03. The van der Waals surface area contributed by atoms with Gasteiger partial charge in [0.15, 0.2) is 0 Å². The highest BCUT2D eigenvalue weighted by Crippen LogP contribution is 2.21. The Bertz CT molecular complexity index is 783. The molecule has 0 aliphatic carbocycles. The lowest BCUT2D eigenvalue weighted by Crippen LogP contribution is -2.25. The molecule has 0 spiro atoms. The number of carbonyl (C=O) groups is 1. The first-order chi connectivity index (χ1) is 11.2. The molecule has 0 saturated carbocycles. The second-order valence-electron chi connectivity index (χ2n) is 5.17. The van der Waals surface area contributed by atoms with Crippen LogP contribution in [-0.4, -0.2) is 15.9 Å². The van der Waals surface area contributed by atoms with E-state index >= 15 is 0 Å². The maximum absolute atomic E-state index is 12.1. The highest BCUT2D eigenvalue weighted by molar-refractivity contribution is 5.78. The predicted molar refractivity (Wildman–Crippen MR) is 86.5 cm³/mol. The van der Waals surface area contributed by atoms with Gasteiger partial charge in [-0.05, 0) is 31.2 Å². The number of carbonyl (C=O) groups excluding carboxylic acids is 1. The van der Waals surface area contributed by atoms with Crippen LogP contribution in [0.2, 0.25) is 0 Å². The first-order valence-electron chi connectivity index (χ1n) is 7.40. The maximum atomic E-state index is 12.1. The number of hydrogen-bond acceptors (Lipinski definition) is 4. The van der Waals surface area contributed by atoms with Crippen LogP contribution in [0.1, 0.15) is 17.1 Å². The molecule has 3 rings (SSSR count). The molecule has 0 atom stereocenters. The minimum Gasteiger partial charge on any atom is -0.440 e. The van der Waals surface area contributed by atoms with Gasteiger partial charge in [-0.1, -0.05) is 24.3 Å². The number of nitrogens with zero attached hydrogens (tertiary/aromatic N) is 2. The fourth-order valence-electron chi connectivity index (χ4n) is 2.20. The van der Waals surface area contributed by atoms with Crippen LogP contribution in [0.5, 0.6) is 0 Å². The van der Waals surface area contributed by atoms with Crippen LogP contribution in [0.4, 0.5) is 0 Å². The zero-order valence-electron chi connectivity index (χ0n) is 12.8. The Morgan fingerprint density at radius 3 is 2.65 bits per heavy atom. The fourth-order valence-corrected chi connectivity index (χ4v) is 2.20. The summed E-state index contributed by atoms with van der Waals surface area (Å²) in [7, 11) is 0. The van der Waals surface area contributed by atoms with E-state index in [2.05, 4.69) is 15.3 Å². The van der Waals surface area contributed by atoms with Gasteiger partial charge < -0.3 is 9.73 Å². The van der Waals surface area contributed by atoms with Crippen LogP contribution >= 0.6 is 0 Å². The Labute approximate surface area is 134 Å². The number of hydrogen-bond donors (Lipinski definition) is 1. The SMILES string of the molecule is Cc1nc(-c2ccccc2)oc1CC(=O)NCc1ccccn1. The van der Waals surface area contributed by atoms with Gasteiger partial charge in [0.05, 0.1) is 24.4 Å². The van der Waals surface area contributed by atoms with Crippen molar-refractivity contribution in [1.82, 2.24) is 15.3 Å². The molecule has 23 heavy (non-hydrogen) atoms. The summed E-state index contributed by atoms with van der Waals surface area (Å²) < 4.78 is 5.74. The summed E-state index contributed by atoms with van der Waals surface area (Å²) in [5.74, 6) is 1.01. The lowest BCUT2D eigenvalue weighted by molar-refractivity contribution is -0.120. The van der Waals surface area contributed by atoms with E-state index in [1.54, 1.807) is 6.20 Å². The van der Waals surface area contributed by atoms with Crippen molar-refractivity contribution in [3.8, 4) is 11.5 Å². The van der Waals surface area contributed by atoms with Crippen molar-refractivity contribution in [1.29, 1.82) is 0 Å². The Morgan fingerprint density at radius 1 is 1.13 bits per heavy atom. The van der Waals surface area contributed by atoms with E-state index in [9.17, 15) is 4.79 Å². The van der Waals surface area contributed by atoms with Crippen molar-refractivity contribution in [2.45, 2.75) is 19.9 Å². The molecule has 3 aromatic rings. The van der Waals surface area contributed by atoms with Crippen LogP contribution in [0.15, 0.2) is 59.1 Å². The van der Waals surface area contributed by atoms with E-state index in [4.69, 9.17) is 4.42 Å². The highest BCUT2D eigenvalue weighted by atomic mass is 16.4. The van der Waals surface area contributed by atoms with Crippen LogP contribution in [-0.2, 0) is 17.8 Å². The second-order valence-corrected chi connectivity index (χ2v) is 5.17. The minimum absolute atomic E-state index is 0.116. The summed E-state index contributed by atoms with van der Waals surface area (Å²) in [6.45, 7) is 2.25. The van der Waals surface area contributed by atoms with Crippen LogP contribution in [0.3, 0.4) is 0 Å². The summed E-state index contributed by atoms with van der Waals surface area (Å²) in [6.07, 6.45) is 1.87. The lowest BCUT2D eigenvalue weighted by atomic mass is 10.2. The molecule has 0 bridgehead atoms. The average Bonchev–Trinajstić information content (AvgIpc) is 2.95. The number of pyridine rings is 1. The minimum atomic E-state index is -0.116. The van der Waals surface area contributed by atoms with E-state index in [1.165, 1.54) is 0 Å². The van der Waals surface area contributed by atoms with Gasteiger partial charge in [0.25, 0.3) is 0 Å². The van der Waals surface area contributed by atoms with E-state index in [0.717, 1.165) is 17.0 Å². The molecule has 5 nitrogen and oxygen atoms in total. The average molecular weight is 307 g/mol. The predicted octanol–water partition coefficient (Wildman–Crippen LogP) is 2.90. The van der Waals surface area contributed by atoms with Crippen LogP contribution in [0.25, 0.3) is 11.5 Å². The molecule has 0 unspecified atom stereocenters. The summed E-state index contributed by atoms with van der Waals surface area (Å²) in [4.78, 5) is 20.6. The number of aromatic nitrogens is 2. The Hall–Kier alpha value is -2.95. The van der Waals surface area contributed by atoms with Gasteiger partial charge in [0, 0.05) is 11.8 Å². The van der Waals surface area contributed by atoms with Gasteiger partial charge in [0.2, 0.25) is 11.8 Å². The number of benzene rings is 1. The quantitative estimate of drug-likeness (QED) is 0.787. The normalized spacial score (nSPS) is 10.5. The molecule has 116 valence electrons. The first kappa shape index (κ1) is 15.0. The van der Waals surface area contributed by atoms with Crippen molar-refractivity contribution < 1.29 is 9.21 Å². The van der Waals surface area contributed by atoms with Crippen LogP contribution in [0, 0.1) is 6.92 Å². The molecule has 1 aromatic carbocycles. The maximum Gasteiger partial charge on any atom is 0.228 e. The van der Waals surface area contributed by atoms with Gasteiger partial charge in [0.1, 0.15) is 5.76 Å². The third-order valence-corrected chi connectivity index (χ3v) is 3.43. The van der Waals surface area contributed by atoms with Crippen molar-refractivity contribution in [3.05, 3.63) is 71.9 Å². The molecule has 0 fully saturated rings. The highest BCUT2D eigenvalue weighted by Gasteiger charge is 2.14. The molecular weight excluding hydrogens is 290 g/mol. The molecule has 1 N–H and O–H groups in total. The summed E-state index contributed by atoms with van der Waals surface area (Å²) in [5.41, 5.74) is 2.45. The number of aryl methyl sites for hydroxylation is 1. The van der Waals surface area contributed by atoms with E-state index in [-0.39, 0.29) is 12.3 Å². The number of oxazole rings is 1. The number of amides is 1. The largest absolute Gasteiger partial charge is 0.440 e. The zero-order chi connectivity index (χ0) is 16.1. The van der Waals surface area contributed by atoms with Crippen molar-refractivity contribution in [2.24, 2.45) is 0 Å². The monoisotopic (exact) mass is 307 g/mol. The molecule has 2 aromatic heterocycles. The standard InChI is InChI=1S/C18H17N3O2/c1-13-16(23-18(21-13)14-7-3-2-4-8-14)11-17(22)20-12-15-9-5-6-10-19-15/h2-10H,11-12H2,1H3,(H,20,22). The van der Waals surface area contributed by atoms with Gasteiger partial charge in [-0.25, -0.2) is 4.98 Å². The van der Waals surface area contributed by atoms with Gasteiger partial charge >= 0.3 is 0 Å². The van der Waals surface area contributed by atoms with Gasteiger partial charge in [-0.3, -0.25) is 9.78 Å². The molecule has 0 radical (unpaired) electrons. The smallest absolute Gasteiger partial charge is 0.228 e. The molecule has 2 heterocycles. The van der Waals surface area contributed by atoms with Crippen LogP contribution < -0.4 is 5.32 Å². The first-order valence-corrected chi connectivity index (χ1v) is 7.40. The topological polar surface area (TPSA) is 68.0 Å². The van der Waals surface area contributed by atoms with E-state index in [0.29, 0.717) is 18.2 Å². The Morgan fingerprint density at radius 2 is 1.91 bits per heavy atom. The second kappa shape index (κ2) is 6.87. The zero-order valence-corrected chi connectivity index (χ0v) is 12.8. The van der Waals surface area contributed by atoms with Crippen molar-refractivity contribution in [2.75, 3.05) is 0 Å². The molecule has 0 saturated heterocycles. The Balaban J connectivity index is 1.64. The van der Waals surface area contributed by atoms with E-state index in [1.807, 2.05) is 55.5 Å². The molecule has 1 amide bonds. The van der Waals surface area contributed by atoms with Crippen molar-refractivity contribution >= 4 is 5.91 Å². The van der Waals surface area contributed by atoms with Crippen molar-refractivity contribution in [3.63, 3.8) is 0 Å². The number of nitrogens with one attached hydrogen (secondary N) is 1. The summed E-state index contributed by atoms with van der Waals surface area (Å²) >= 11 is 0. The van der Waals surface area contributed by atoms with Gasteiger partial charge in [-0.15, -0.1) is 0 Å². The third-order valence-electron chi connectivity index (χ3n) is 3.43. The summed E-state index contributed by atoms with van der Waals surface area (Å²) in [6, 6.07) is 15.2. The van der Waals surface area contributed by atoms with E-state index < -0.39 is 0 Å². The van der Waals surface area contributed by atoms with Gasteiger partial charge in [-0.2, -0.15) is 0 Å². The number of rotatable bonds is 5. The third kappa shape index (κ3) is 3.83. The molecule has 0 aliphatic rings. The molecule has 0 aliphatic heterocycles. The molecule has 5 heteroatoms.